The summed E-state index contributed by atoms with van der Waals surface area (Å²) in [5, 5.41) is 24.3. The molecular weight excluding hydrogens is 324 g/mol. The molecule has 0 spiro atoms. The van der Waals surface area contributed by atoms with Gasteiger partial charge in [-0.15, -0.1) is 0 Å². The van der Waals surface area contributed by atoms with E-state index in [2.05, 4.69) is 5.10 Å². The van der Waals surface area contributed by atoms with Gasteiger partial charge in [0, 0.05) is 30.3 Å². The van der Waals surface area contributed by atoms with Gasteiger partial charge >= 0.3 is 0 Å². The van der Waals surface area contributed by atoms with E-state index in [-0.39, 0.29) is 13.0 Å². The Hall–Kier alpha value is -3.60. The average molecular weight is 339 g/mol. The minimum atomic E-state index is -1.58. The topological polar surface area (TPSA) is 134 Å². The summed E-state index contributed by atoms with van der Waals surface area (Å²) in [6, 6.07) is 8.54. The number of rotatable bonds is 7. The molecule has 25 heavy (non-hydrogen) atoms. The number of carbonyl (C=O) groups excluding carboxylic acids is 2. The highest BCUT2D eigenvalue weighted by Gasteiger charge is 2.12. The van der Waals surface area contributed by atoms with Crippen molar-refractivity contribution in [1.29, 1.82) is 5.26 Å². The number of hydrogen-bond acceptors (Lipinski definition) is 6. The zero-order chi connectivity index (χ0) is 18.4. The van der Waals surface area contributed by atoms with E-state index >= 15 is 0 Å². The van der Waals surface area contributed by atoms with Crippen molar-refractivity contribution >= 4 is 18.0 Å². The average Bonchev–Trinajstić information content (AvgIpc) is 3.00. The van der Waals surface area contributed by atoms with E-state index in [1.54, 1.807) is 43.6 Å². The van der Waals surface area contributed by atoms with Gasteiger partial charge in [-0.2, -0.15) is 10.4 Å². The molecule has 1 aromatic carbocycles. The predicted molar refractivity (Wildman–Crippen MR) is 86.6 cm³/mol. The van der Waals surface area contributed by atoms with Gasteiger partial charge in [0.25, 0.3) is 0 Å². The third-order valence-electron chi connectivity index (χ3n) is 3.38. The third kappa shape index (κ3) is 4.45. The third-order valence-corrected chi connectivity index (χ3v) is 3.38. The van der Waals surface area contributed by atoms with Crippen LogP contribution in [0.1, 0.15) is 12.0 Å². The molecule has 128 valence electrons. The normalized spacial score (nSPS) is 11.0. The molecular formula is C17H15N4O4-. The molecule has 1 heterocycles. The minimum Gasteiger partial charge on any atom is -0.544 e. The number of aryl methyl sites for hydroxylation is 1. The first-order valence-electron chi connectivity index (χ1n) is 7.28. The Morgan fingerprint density at radius 2 is 2.08 bits per heavy atom. The first kappa shape index (κ1) is 17.7. The summed E-state index contributed by atoms with van der Waals surface area (Å²) in [7, 11) is 1.54. The van der Waals surface area contributed by atoms with Crippen LogP contribution in [0.5, 0.6) is 5.75 Å². The first-order chi connectivity index (χ1) is 11.9. The lowest BCUT2D eigenvalue weighted by molar-refractivity contribution is -0.298. The largest absolute Gasteiger partial charge is 0.544 e. The number of carbonyl (C=O) groups is 2. The van der Waals surface area contributed by atoms with E-state index in [9.17, 15) is 14.7 Å². The standard InChI is InChI=1S/C17H16N4O4/c1-25-14-4-2-11(3-5-14)16-13(8-12(9-18)17(23)24)10-21(20-16)7-6-15(19)22/h2-5,8,10H,6-7H2,1H3,(H2,19,22)(H,23,24)/p-1/b12-8+. The molecule has 2 N–H and O–H groups in total. The fraction of sp³-hybridized carbons (Fsp3) is 0.176. The Labute approximate surface area is 143 Å². The van der Waals surface area contributed by atoms with Gasteiger partial charge in [-0.05, 0) is 30.3 Å². The first-order valence-corrected chi connectivity index (χ1v) is 7.28. The molecule has 0 atom stereocenters. The molecule has 0 radical (unpaired) electrons. The molecule has 0 aliphatic heterocycles. The summed E-state index contributed by atoms with van der Waals surface area (Å²) in [6.07, 6.45) is 2.81. The van der Waals surface area contributed by atoms with Crippen LogP contribution < -0.4 is 15.6 Å². The molecule has 0 aliphatic rings. The number of methoxy groups -OCH3 is 1. The number of nitriles is 1. The number of nitrogens with zero attached hydrogens (tertiary/aromatic N) is 3. The predicted octanol–water partition coefficient (Wildman–Crippen LogP) is 0.0910. The highest BCUT2D eigenvalue weighted by Crippen LogP contribution is 2.26. The van der Waals surface area contributed by atoms with Crippen LogP contribution in [-0.2, 0) is 16.1 Å². The summed E-state index contributed by atoms with van der Waals surface area (Å²) < 4.78 is 6.57. The zero-order valence-corrected chi connectivity index (χ0v) is 13.4. The molecule has 0 saturated carbocycles. The SMILES string of the molecule is COc1ccc(-c2nn(CCC(N)=O)cc2/C=C(\C#N)C(=O)[O-])cc1. The van der Waals surface area contributed by atoms with Crippen molar-refractivity contribution in [2.45, 2.75) is 13.0 Å². The van der Waals surface area contributed by atoms with Gasteiger partial charge in [0.1, 0.15) is 11.8 Å². The molecule has 0 aliphatic carbocycles. The van der Waals surface area contributed by atoms with Gasteiger partial charge in [-0.1, -0.05) is 0 Å². The van der Waals surface area contributed by atoms with Gasteiger partial charge in [0.15, 0.2) is 0 Å². The Kier molecular flexibility index (Phi) is 5.53. The van der Waals surface area contributed by atoms with Crippen molar-refractivity contribution in [3.05, 3.63) is 41.6 Å². The number of nitrogens with two attached hydrogens (primary N) is 1. The number of carboxylic acid groups (broad SMARTS) is 1. The number of aliphatic carboxylic acids is 1. The number of ether oxygens (including phenoxy) is 1. The van der Waals surface area contributed by atoms with Crippen molar-refractivity contribution in [1.82, 2.24) is 9.78 Å². The van der Waals surface area contributed by atoms with Crippen molar-refractivity contribution in [3.63, 3.8) is 0 Å². The van der Waals surface area contributed by atoms with E-state index in [1.165, 1.54) is 10.8 Å². The van der Waals surface area contributed by atoms with Crippen LogP contribution in [0.3, 0.4) is 0 Å². The molecule has 1 amide bonds. The van der Waals surface area contributed by atoms with Crippen LogP contribution in [0.4, 0.5) is 0 Å². The van der Waals surface area contributed by atoms with Gasteiger partial charge < -0.3 is 20.4 Å². The molecule has 0 fully saturated rings. The Morgan fingerprint density at radius 1 is 1.40 bits per heavy atom. The van der Waals surface area contributed by atoms with Crippen LogP contribution in [0.25, 0.3) is 17.3 Å². The smallest absolute Gasteiger partial charge is 0.219 e. The van der Waals surface area contributed by atoms with Gasteiger partial charge in [0.05, 0.1) is 24.3 Å². The second-order valence-electron chi connectivity index (χ2n) is 5.10. The molecule has 0 unspecified atom stereocenters. The molecule has 8 heteroatoms. The molecule has 0 saturated heterocycles. The van der Waals surface area contributed by atoms with Crippen LogP contribution in [0.2, 0.25) is 0 Å². The second-order valence-corrected chi connectivity index (χ2v) is 5.10. The lowest BCUT2D eigenvalue weighted by atomic mass is 10.1. The van der Waals surface area contributed by atoms with Crippen LogP contribution in [-0.4, -0.2) is 28.8 Å². The summed E-state index contributed by atoms with van der Waals surface area (Å²) in [5.74, 6) is -1.40. The molecule has 2 rings (SSSR count). The number of primary amides is 1. The summed E-state index contributed by atoms with van der Waals surface area (Å²) in [6.45, 7) is 0.236. The molecule has 8 nitrogen and oxygen atoms in total. The fourth-order valence-electron chi connectivity index (χ4n) is 2.15. The van der Waals surface area contributed by atoms with Gasteiger partial charge in [-0.25, -0.2) is 0 Å². The number of aromatic nitrogens is 2. The quantitative estimate of drug-likeness (QED) is 0.561. The Bertz CT molecular complexity index is 860. The number of carboxylic acids is 1. The second kappa shape index (κ2) is 7.79. The van der Waals surface area contributed by atoms with Crippen molar-refractivity contribution in [2.24, 2.45) is 5.73 Å². The van der Waals surface area contributed by atoms with E-state index in [1.807, 2.05) is 0 Å². The summed E-state index contributed by atoms with van der Waals surface area (Å²) in [4.78, 5) is 21.9. The van der Waals surface area contributed by atoms with Crippen molar-refractivity contribution < 1.29 is 19.4 Å². The minimum absolute atomic E-state index is 0.0818. The number of amides is 1. The highest BCUT2D eigenvalue weighted by atomic mass is 16.5. The summed E-state index contributed by atoms with van der Waals surface area (Å²) >= 11 is 0. The number of benzene rings is 1. The Balaban J connectivity index is 2.49. The van der Waals surface area contributed by atoms with Crippen molar-refractivity contribution in [3.8, 4) is 23.1 Å². The van der Waals surface area contributed by atoms with Crippen LogP contribution >= 0.6 is 0 Å². The maximum atomic E-state index is 11.0. The fourth-order valence-corrected chi connectivity index (χ4v) is 2.15. The van der Waals surface area contributed by atoms with Crippen molar-refractivity contribution in [2.75, 3.05) is 7.11 Å². The lowest BCUT2D eigenvalue weighted by Crippen LogP contribution is -2.23. The van der Waals surface area contributed by atoms with Gasteiger partial charge in [-0.3, -0.25) is 9.48 Å². The number of hydrogen-bond donors (Lipinski definition) is 1. The maximum Gasteiger partial charge on any atom is 0.219 e. The monoisotopic (exact) mass is 339 g/mol. The van der Waals surface area contributed by atoms with Crippen LogP contribution in [0, 0.1) is 11.3 Å². The van der Waals surface area contributed by atoms with Crippen LogP contribution in [0.15, 0.2) is 36.0 Å². The lowest BCUT2D eigenvalue weighted by Gasteiger charge is -2.03. The highest BCUT2D eigenvalue weighted by molar-refractivity contribution is 5.96. The van der Waals surface area contributed by atoms with Gasteiger partial charge in [0.2, 0.25) is 5.91 Å². The van der Waals surface area contributed by atoms with E-state index in [0.29, 0.717) is 22.6 Å². The maximum absolute atomic E-state index is 11.0. The molecule has 1 aromatic heterocycles. The van der Waals surface area contributed by atoms with E-state index in [0.717, 1.165) is 0 Å². The molecule has 0 bridgehead atoms. The summed E-state index contributed by atoms with van der Waals surface area (Å²) in [5.41, 5.74) is 6.18. The molecule has 2 aromatic rings. The Morgan fingerprint density at radius 3 is 2.60 bits per heavy atom. The van der Waals surface area contributed by atoms with E-state index in [4.69, 9.17) is 15.7 Å². The van der Waals surface area contributed by atoms with E-state index < -0.39 is 17.4 Å². The zero-order valence-electron chi connectivity index (χ0n) is 13.4.